The zero-order chi connectivity index (χ0) is 17.6. The van der Waals surface area contributed by atoms with Crippen molar-refractivity contribution >= 4 is 11.6 Å². The van der Waals surface area contributed by atoms with E-state index in [0.29, 0.717) is 11.6 Å². The topological polar surface area (TPSA) is 52.6 Å². The lowest BCUT2D eigenvalue weighted by Gasteiger charge is -2.25. The van der Waals surface area contributed by atoms with Gasteiger partial charge in [0.1, 0.15) is 0 Å². The Bertz CT molecular complexity index is 683. The number of carbonyl (C=O) groups excluding carboxylic acids is 1. The molecule has 2 atom stereocenters. The highest BCUT2D eigenvalue weighted by Gasteiger charge is 2.25. The van der Waals surface area contributed by atoms with Crippen molar-refractivity contribution in [1.29, 1.82) is 0 Å². The summed E-state index contributed by atoms with van der Waals surface area (Å²) < 4.78 is 0. The van der Waals surface area contributed by atoms with Crippen LogP contribution in [0.2, 0.25) is 0 Å². The van der Waals surface area contributed by atoms with Crippen molar-refractivity contribution in [2.24, 2.45) is 0 Å². The Balaban J connectivity index is 1.59. The number of hydrogen-bond acceptors (Lipinski definition) is 3. The minimum absolute atomic E-state index is 0.0918. The number of benzene rings is 2. The van der Waals surface area contributed by atoms with E-state index >= 15 is 0 Å². The zero-order valence-corrected chi connectivity index (χ0v) is 14.7. The number of para-hydroxylation sites is 1. The van der Waals surface area contributed by atoms with Crippen LogP contribution in [0, 0.1) is 0 Å². The van der Waals surface area contributed by atoms with E-state index in [9.17, 15) is 9.90 Å². The number of aliphatic hydroxyl groups is 1. The summed E-state index contributed by atoms with van der Waals surface area (Å²) in [4.78, 5) is 14.7. The number of anilines is 1. The van der Waals surface area contributed by atoms with Gasteiger partial charge in [-0.25, -0.2) is 0 Å². The smallest absolute Gasteiger partial charge is 0.255 e. The van der Waals surface area contributed by atoms with Gasteiger partial charge in [0.15, 0.2) is 0 Å². The molecule has 2 aromatic rings. The normalized spacial score (nSPS) is 18.9. The molecule has 3 rings (SSSR count). The molecule has 2 unspecified atom stereocenters. The predicted octanol–water partition coefficient (Wildman–Crippen LogP) is 3.67. The molecule has 0 bridgehead atoms. The highest BCUT2D eigenvalue weighted by atomic mass is 16.3. The number of hydrogen-bond donors (Lipinski definition) is 2. The van der Waals surface area contributed by atoms with E-state index in [4.69, 9.17) is 0 Å². The summed E-state index contributed by atoms with van der Waals surface area (Å²) in [5, 5.41) is 12.5. The number of likely N-dealkylation sites (tertiary alicyclic amines) is 1. The minimum Gasteiger partial charge on any atom is -0.393 e. The van der Waals surface area contributed by atoms with Crippen molar-refractivity contribution in [2.45, 2.75) is 44.9 Å². The lowest BCUT2D eigenvalue weighted by Crippen LogP contribution is -2.31. The Morgan fingerprint density at radius 3 is 2.60 bits per heavy atom. The van der Waals surface area contributed by atoms with Crippen LogP contribution >= 0.6 is 0 Å². The maximum absolute atomic E-state index is 12.3. The van der Waals surface area contributed by atoms with Crippen LogP contribution in [0.1, 0.15) is 42.1 Å². The number of aliphatic hydroxyl groups excluding tert-OH is 1. The van der Waals surface area contributed by atoms with Crippen molar-refractivity contribution in [3.63, 3.8) is 0 Å². The molecule has 0 aliphatic carbocycles. The fourth-order valence-electron chi connectivity index (χ4n) is 3.48. The molecule has 4 nitrogen and oxygen atoms in total. The first-order valence-electron chi connectivity index (χ1n) is 8.99. The highest BCUT2D eigenvalue weighted by Crippen LogP contribution is 2.23. The van der Waals surface area contributed by atoms with Crippen LogP contribution in [-0.4, -0.2) is 34.6 Å². The molecule has 2 aromatic carbocycles. The Morgan fingerprint density at radius 1 is 1.20 bits per heavy atom. The molecular formula is C21H26N2O2. The highest BCUT2D eigenvalue weighted by molar-refractivity contribution is 6.04. The number of nitrogens with one attached hydrogen (secondary N) is 1. The van der Waals surface area contributed by atoms with Crippen LogP contribution in [0.3, 0.4) is 0 Å². The first-order chi connectivity index (χ1) is 12.1. The molecule has 1 aliphatic rings. The fourth-order valence-corrected chi connectivity index (χ4v) is 3.48. The van der Waals surface area contributed by atoms with Crippen molar-refractivity contribution < 1.29 is 9.90 Å². The number of carbonyl (C=O) groups is 1. The van der Waals surface area contributed by atoms with Gasteiger partial charge in [0.2, 0.25) is 0 Å². The molecule has 1 aliphatic heterocycles. The Kier molecular flexibility index (Phi) is 5.84. The second-order valence-electron chi connectivity index (χ2n) is 6.87. The van der Waals surface area contributed by atoms with E-state index in [1.165, 1.54) is 12.0 Å². The predicted molar refractivity (Wildman–Crippen MR) is 101 cm³/mol. The molecule has 0 radical (unpaired) electrons. The van der Waals surface area contributed by atoms with E-state index < -0.39 is 0 Å². The van der Waals surface area contributed by atoms with Crippen LogP contribution in [0.5, 0.6) is 0 Å². The Hall–Kier alpha value is -2.17. The molecular weight excluding hydrogens is 312 g/mol. The van der Waals surface area contributed by atoms with Crippen LogP contribution in [-0.2, 0) is 6.54 Å². The first kappa shape index (κ1) is 17.6. The van der Waals surface area contributed by atoms with E-state index in [-0.39, 0.29) is 12.0 Å². The van der Waals surface area contributed by atoms with E-state index in [0.717, 1.165) is 31.6 Å². The molecule has 1 heterocycles. The third-order valence-electron chi connectivity index (χ3n) is 4.75. The lowest BCUT2D eigenvalue weighted by atomic mass is 10.1. The van der Waals surface area contributed by atoms with Crippen molar-refractivity contribution in [2.75, 3.05) is 11.9 Å². The molecule has 1 fully saturated rings. The van der Waals surface area contributed by atoms with Gasteiger partial charge in [0, 0.05) is 23.8 Å². The average molecular weight is 338 g/mol. The molecule has 1 saturated heterocycles. The van der Waals surface area contributed by atoms with Crippen molar-refractivity contribution in [3.05, 3.63) is 65.7 Å². The molecule has 1 amide bonds. The maximum Gasteiger partial charge on any atom is 0.255 e. The van der Waals surface area contributed by atoms with Gasteiger partial charge in [-0.05, 0) is 62.6 Å². The SMILES string of the molecule is CC(O)CC1CCCN1Cc1ccc(C(=O)Nc2ccccc2)cc1. The largest absolute Gasteiger partial charge is 0.393 e. The van der Waals surface area contributed by atoms with Gasteiger partial charge in [0.25, 0.3) is 5.91 Å². The molecule has 0 aromatic heterocycles. The summed E-state index contributed by atoms with van der Waals surface area (Å²) in [5.41, 5.74) is 2.66. The summed E-state index contributed by atoms with van der Waals surface area (Å²) >= 11 is 0. The fraction of sp³-hybridized carbons (Fsp3) is 0.381. The van der Waals surface area contributed by atoms with Gasteiger partial charge >= 0.3 is 0 Å². The van der Waals surface area contributed by atoms with Crippen molar-refractivity contribution in [1.82, 2.24) is 4.90 Å². The first-order valence-corrected chi connectivity index (χ1v) is 8.99. The third-order valence-corrected chi connectivity index (χ3v) is 4.75. The summed E-state index contributed by atoms with van der Waals surface area (Å²) in [7, 11) is 0. The van der Waals surface area contributed by atoms with Gasteiger partial charge in [-0.3, -0.25) is 9.69 Å². The van der Waals surface area contributed by atoms with Crippen LogP contribution in [0.25, 0.3) is 0 Å². The second-order valence-corrected chi connectivity index (χ2v) is 6.87. The summed E-state index contributed by atoms with van der Waals surface area (Å²) in [5.74, 6) is -0.0918. The molecule has 0 spiro atoms. The van der Waals surface area contributed by atoms with Gasteiger partial charge < -0.3 is 10.4 Å². The van der Waals surface area contributed by atoms with Crippen LogP contribution in [0.15, 0.2) is 54.6 Å². The van der Waals surface area contributed by atoms with E-state index in [1.54, 1.807) is 0 Å². The van der Waals surface area contributed by atoms with E-state index in [1.807, 2.05) is 61.5 Å². The molecule has 25 heavy (non-hydrogen) atoms. The lowest BCUT2D eigenvalue weighted by molar-refractivity contribution is 0.102. The second kappa shape index (κ2) is 8.28. The minimum atomic E-state index is -0.255. The quantitative estimate of drug-likeness (QED) is 0.845. The van der Waals surface area contributed by atoms with Crippen molar-refractivity contribution in [3.8, 4) is 0 Å². The molecule has 2 N–H and O–H groups in total. The molecule has 4 heteroatoms. The maximum atomic E-state index is 12.3. The van der Waals surface area contributed by atoms with Gasteiger partial charge in [-0.1, -0.05) is 30.3 Å². The Morgan fingerprint density at radius 2 is 1.92 bits per heavy atom. The Labute approximate surface area is 149 Å². The van der Waals surface area contributed by atoms with Gasteiger partial charge in [-0.15, -0.1) is 0 Å². The van der Waals surface area contributed by atoms with E-state index in [2.05, 4.69) is 10.2 Å². The zero-order valence-electron chi connectivity index (χ0n) is 14.7. The number of nitrogens with zero attached hydrogens (tertiary/aromatic N) is 1. The number of amides is 1. The van der Waals surface area contributed by atoms with Gasteiger partial charge in [-0.2, -0.15) is 0 Å². The summed E-state index contributed by atoms with van der Waals surface area (Å²) in [6.07, 6.45) is 2.92. The molecule has 0 saturated carbocycles. The van der Waals surface area contributed by atoms with Crippen LogP contribution in [0.4, 0.5) is 5.69 Å². The monoisotopic (exact) mass is 338 g/mol. The third kappa shape index (κ3) is 4.91. The van der Waals surface area contributed by atoms with Gasteiger partial charge in [0.05, 0.1) is 6.10 Å². The van der Waals surface area contributed by atoms with Crippen LogP contribution < -0.4 is 5.32 Å². The number of rotatable bonds is 6. The standard InChI is InChI=1S/C21H26N2O2/c1-16(24)14-20-8-5-13-23(20)15-17-9-11-18(12-10-17)21(25)22-19-6-3-2-4-7-19/h2-4,6-7,9-12,16,20,24H,5,8,13-15H2,1H3,(H,22,25). The molecule has 132 valence electrons. The average Bonchev–Trinajstić information content (AvgIpc) is 3.02. The summed E-state index contributed by atoms with van der Waals surface area (Å²) in [6.45, 7) is 3.81. The summed E-state index contributed by atoms with van der Waals surface area (Å²) in [6, 6.07) is 17.8.